The van der Waals surface area contributed by atoms with Gasteiger partial charge in [0.1, 0.15) is 6.61 Å². The molecule has 0 N–H and O–H groups in total. The topological polar surface area (TPSA) is 52.6 Å². The molecular weight excluding hydrogens is 424 g/mol. The molecule has 4 nitrogen and oxygen atoms in total. The van der Waals surface area contributed by atoms with E-state index in [2.05, 4.69) is 31.9 Å². The molecule has 1 aromatic rings. The minimum Gasteiger partial charge on any atom is -0.493 e. The highest BCUT2D eigenvalue weighted by atomic mass is 79.9. The summed E-state index contributed by atoms with van der Waals surface area (Å²) in [7, 11) is -1.65. The van der Waals surface area contributed by atoms with Gasteiger partial charge in [-0.1, -0.05) is 15.9 Å². The summed E-state index contributed by atoms with van der Waals surface area (Å²) in [5.74, 6) is 1.06. The van der Waals surface area contributed by atoms with Crippen LogP contribution in [0.5, 0.6) is 11.5 Å². The van der Waals surface area contributed by atoms with Crippen molar-refractivity contribution in [1.29, 1.82) is 0 Å². The van der Waals surface area contributed by atoms with Gasteiger partial charge < -0.3 is 9.47 Å². The Hall–Kier alpha value is -0.270. The fourth-order valence-corrected chi connectivity index (χ4v) is 3.39. The third kappa shape index (κ3) is 4.86. The number of benzene rings is 1. The zero-order chi connectivity index (χ0) is 16.3. The van der Waals surface area contributed by atoms with Crippen molar-refractivity contribution >= 4 is 41.7 Å². The molecule has 0 aliphatic carbocycles. The van der Waals surface area contributed by atoms with Crippen LogP contribution in [0.4, 0.5) is 0 Å². The van der Waals surface area contributed by atoms with E-state index in [1.165, 1.54) is 0 Å². The SMILES string of the molecule is COc1cc(CBr)cc(Br)c1OCCS(=O)(=O)C(C)(C)C. The maximum atomic E-state index is 12.1. The Balaban J connectivity index is 2.86. The van der Waals surface area contributed by atoms with Crippen LogP contribution in [-0.4, -0.2) is 32.6 Å². The number of halogens is 2. The highest BCUT2D eigenvalue weighted by molar-refractivity contribution is 9.10. The van der Waals surface area contributed by atoms with E-state index in [4.69, 9.17) is 9.47 Å². The number of methoxy groups -OCH3 is 1. The molecule has 0 heterocycles. The van der Waals surface area contributed by atoms with Crippen LogP contribution in [-0.2, 0) is 15.2 Å². The van der Waals surface area contributed by atoms with Crippen LogP contribution in [0, 0.1) is 0 Å². The monoisotopic (exact) mass is 442 g/mol. The minimum atomic E-state index is -3.20. The Labute approximate surface area is 143 Å². The smallest absolute Gasteiger partial charge is 0.175 e. The molecule has 0 aliphatic heterocycles. The Morgan fingerprint density at radius 1 is 1.24 bits per heavy atom. The summed E-state index contributed by atoms with van der Waals surface area (Å²) >= 11 is 6.81. The van der Waals surface area contributed by atoms with Crippen molar-refractivity contribution < 1.29 is 17.9 Å². The highest BCUT2D eigenvalue weighted by Crippen LogP contribution is 2.37. The van der Waals surface area contributed by atoms with Crippen LogP contribution in [0.2, 0.25) is 0 Å². The fourth-order valence-electron chi connectivity index (χ4n) is 1.55. The average molecular weight is 444 g/mol. The Morgan fingerprint density at radius 2 is 1.86 bits per heavy atom. The first-order chi connectivity index (χ1) is 9.62. The highest BCUT2D eigenvalue weighted by Gasteiger charge is 2.28. The van der Waals surface area contributed by atoms with Crippen LogP contribution in [0.25, 0.3) is 0 Å². The minimum absolute atomic E-state index is 0.0354. The lowest BCUT2D eigenvalue weighted by atomic mass is 10.2. The molecule has 0 atom stereocenters. The molecule has 1 rings (SSSR count). The molecule has 0 radical (unpaired) electrons. The number of alkyl halides is 1. The first-order valence-corrected chi connectivity index (χ1v) is 9.96. The summed E-state index contributed by atoms with van der Waals surface area (Å²) in [6, 6.07) is 3.76. The summed E-state index contributed by atoms with van der Waals surface area (Å²) in [6.07, 6.45) is 0. The van der Waals surface area contributed by atoms with Crippen LogP contribution in [0.3, 0.4) is 0 Å². The van der Waals surface area contributed by atoms with E-state index in [0.29, 0.717) is 16.8 Å². The zero-order valence-corrected chi connectivity index (χ0v) is 16.6. The molecular formula is C14H20Br2O4S. The van der Waals surface area contributed by atoms with E-state index in [9.17, 15) is 8.42 Å². The van der Waals surface area contributed by atoms with Gasteiger partial charge in [0.15, 0.2) is 21.3 Å². The molecule has 0 fully saturated rings. The van der Waals surface area contributed by atoms with Gasteiger partial charge in [-0.2, -0.15) is 0 Å². The largest absolute Gasteiger partial charge is 0.493 e. The van der Waals surface area contributed by atoms with Crippen molar-refractivity contribution in [3.05, 3.63) is 22.2 Å². The lowest BCUT2D eigenvalue weighted by Crippen LogP contribution is -2.32. The predicted molar refractivity (Wildman–Crippen MR) is 92.4 cm³/mol. The lowest BCUT2D eigenvalue weighted by molar-refractivity contribution is 0.309. The van der Waals surface area contributed by atoms with Gasteiger partial charge in [0.25, 0.3) is 0 Å². The zero-order valence-electron chi connectivity index (χ0n) is 12.6. The molecule has 0 spiro atoms. The normalized spacial score (nSPS) is 12.3. The quantitative estimate of drug-likeness (QED) is 0.624. The molecule has 120 valence electrons. The second kappa shape index (κ2) is 7.33. The Kier molecular flexibility index (Phi) is 6.55. The van der Waals surface area contributed by atoms with Crippen molar-refractivity contribution in [3.63, 3.8) is 0 Å². The molecule has 0 amide bonds. The number of hydrogen-bond donors (Lipinski definition) is 0. The third-order valence-corrected chi connectivity index (χ3v) is 6.78. The molecule has 21 heavy (non-hydrogen) atoms. The first kappa shape index (κ1) is 18.8. The summed E-state index contributed by atoms with van der Waals surface area (Å²) < 4.78 is 35.0. The van der Waals surface area contributed by atoms with E-state index in [0.717, 1.165) is 10.0 Å². The van der Waals surface area contributed by atoms with Crippen molar-refractivity contribution in [1.82, 2.24) is 0 Å². The van der Waals surface area contributed by atoms with Crippen molar-refractivity contribution in [3.8, 4) is 11.5 Å². The van der Waals surface area contributed by atoms with Gasteiger partial charge in [-0.25, -0.2) is 8.42 Å². The van der Waals surface area contributed by atoms with Gasteiger partial charge in [-0.05, 0) is 54.4 Å². The summed E-state index contributed by atoms with van der Waals surface area (Å²) in [4.78, 5) is 0. The van der Waals surface area contributed by atoms with Crippen LogP contribution >= 0.6 is 31.9 Å². The Morgan fingerprint density at radius 3 is 2.33 bits per heavy atom. The molecule has 0 saturated heterocycles. The van der Waals surface area contributed by atoms with Crippen molar-refractivity contribution in [2.45, 2.75) is 30.8 Å². The van der Waals surface area contributed by atoms with Gasteiger partial charge >= 0.3 is 0 Å². The maximum absolute atomic E-state index is 12.1. The molecule has 7 heteroatoms. The number of rotatable bonds is 6. The molecule has 0 bridgehead atoms. The van der Waals surface area contributed by atoms with E-state index < -0.39 is 14.6 Å². The molecule has 0 aromatic heterocycles. The van der Waals surface area contributed by atoms with Crippen LogP contribution < -0.4 is 9.47 Å². The number of ether oxygens (including phenoxy) is 2. The first-order valence-electron chi connectivity index (χ1n) is 6.40. The van der Waals surface area contributed by atoms with E-state index in [-0.39, 0.29) is 12.4 Å². The fraction of sp³-hybridized carbons (Fsp3) is 0.571. The van der Waals surface area contributed by atoms with Gasteiger partial charge in [0, 0.05) is 5.33 Å². The Bertz CT molecular complexity index is 592. The molecule has 0 unspecified atom stereocenters. The van der Waals surface area contributed by atoms with Gasteiger partial charge in [-0.15, -0.1) is 0 Å². The van der Waals surface area contributed by atoms with Crippen LogP contribution in [0.1, 0.15) is 26.3 Å². The van der Waals surface area contributed by atoms with Gasteiger partial charge in [-0.3, -0.25) is 0 Å². The molecule has 0 aliphatic rings. The average Bonchev–Trinajstić information content (AvgIpc) is 2.38. The standard InChI is InChI=1S/C14H20Br2O4S/c1-14(2,3)21(17,18)6-5-20-13-11(16)7-10(9-15)8-12(13)19-4/h7-8H,5-6,9H2,1-4H3. The van der Waals surface area contributed by atoms with Gasteiger partial charge in [0.2, 0.25) is 0 Å². The third-order valence-electron chi connectivity index (χ3n) is 2.98. The van der Waals surface area contributed by atoms with E-state index in [1.807, 2.05) is 12.1 Å². The molecule has 0 saturated carbocycles. The summed E-state index contributed by atoms with van der Waals surface area (Å²) in [6.45, 7) is 5.14. The lowest BCUT2D eigenvalue weighted by Gasteiger charge is -2.20. The molecule has 1 aromatic carbocycles. The summed E-state index contributed by atoms with van der Waals surface area (Å²) in [5, 5.41) is 0.695. The maximum Gasteiger partial charge on any atom is 0.175 e. The second-order valence-corrected chi connectivity index (χ2v) is 9.80. The summed E-state index contributed by atoms with van der Waals surface area (Å²) in [5.41, 5.74) is 1.04. The number of sulfone groups is 1. The van der Waals surface area contributed by atoms with E-state index in [1.54, 1.807) is 27.9 Å². The van der Waals surface area contributed by atoms with E-state index >= 15 is 0 Å². The number of hydrogen-bond acceptors (Lipinski definition) is 4. The van der Waals surface area contributed by atoms with Crippen molar-refractivity contribution in [2.75, 3.05) is 19.5 Å². The van der Waals surface area contributed by atoms with Crippen LogP contribution in [0.15, 0.2) is 16.6 Å². The van der Waals surface area contributed by atoms with Gasteiger partial charge in [0.05, 0.1) is 22.1 Å². The van der Waals surface area contributed by atoms with Crippen molar-refractivity contribution in [2.24, 2.45) is 0 Å². The second-order valence-electron chi connectivity index (χ2n) is 5.52. The predicted octanol–water partition coefficient (Wildman–Crippen LogP) is 3.94.